The number of nitrogens with one attached hydrogen (secondary N) is 1. The van der Waals surface area contributed by atoms with Crippen LogP contribution in [0, 0.1) is 0 Å². The summed E-state index contributed by atoms with van der Waals surface area (Å²) in [7, 11) is 0. The zero-order valence-electron chi connectivity index (χ0n) is 14.9. The van der Waals surface area contributed by atoms with E-state index < -0.39 is 0 Å². The Kier molecular flexibility index (Phi) is 5.56. The van der Waals surface area contributed by atoms with Crippen molar-refractivity contribution in [2.24, 2.45) is 0 Å². The smallest absolute Gasteiger partial charge is 0.237 e. The number of nitrogens with zero attached hydrogens (tertiary/aromatic N) is 3. The molecule has 140 valence electrons. The summed E-state index contributed by atoms with van der Waals surface area (Å²) in [6.45, 7) is 5.20. The summed E-state index contributed by atoms with van der Waals surface area (Å²) in [5.74, 6) is -0.0406. The van der Waals surface area contributed by atoms with Crippen LogP contribution >= 0.6 is 23.1 Å². The second kappa shape index (κ2) is 8.24. The van der Waals surface area contributed by atoms with Gasteiger partial charge in [-0.2, -0.15) is 0 Å². The molecule has 1 N–H and O–H groups in total. The van der Waals surface area contributed by atoms with Gasteiger partial charge in [-0.1, -0.05) is 11.8 Å². The topological polar surface area (TPSA) is 67.4 Å². The fourth-order valence-corrected chi connectivity index (χ4v) is 4.60. The number of ether oxygens (including phenoxy) is 1. The minimum Gasteiger partial charge on any atom is -0.378 e. The molecule has 1 saturated heterocycles. The van der Waals surface area contributed by atoms with Crippen LogP contribution in [0.4, 0.5) is 11.4 Å². The van der Waals surface area contributed by atoms with Crippen LogP contribution in [0.25, 0.3) is 10.2 Å². The van der Waals surface area contributed by atoms with E-state index in [2.05, 4.69) is 20.2 Å². The van der Waals surface area contributed by atoms with Crippen molar-refractivity contribution in [3.8, 4) is 0 Å². The fraction of sp³-hybridized carbons (Fsp3) is 0.316. The lowest BCUT2D eigenvalue weighted by Gasteiger charge is -2.28. The standard InChI is InChI=1S/C19H20N4O2S2/c1-13(27-19-16-6-11-26-18(16)20-12-21-19)17(24)22-14-2-4-15(5-3-14)23-7-9-25-10-8-23/h2-6,11-13H,7-10H2,1H3,(H,22,24)/t13-/m1/s1. The Balaban J connectivity index is 1.38. The summed E-state index contributed by atoms with van der Waals surface area (Å²) in [6.07, 6.45) is 1.55. The molecule has 1 atom stereocenters. The van der Waals surface area contributed by atoms with Crippen LogP contribution in [0.15, 0.2) is 47.1 Å². The molecule has 0 aliphatic carbocycles. The number of anilines is 2. The number of hydrogen-bond acceptors (Lipinski definition) is 7. The molecule has 1 aromatic carbocycles. The Morgan fingerprint density at radius 1 is 1.22 bits per heavy atom. The number of aromatic nitrogens is 2. The lowest BCUT2D eigenvalue weighted by atomic mass is 10.2. The summed E-state index contributed by atoms with van der Waals surface area (Å²) in [4.78, 5) is 24.4. The Morgan fingerprint density at radius 2 is 2.00 bits per heavy atom. The lowest BCUT2D eigenvalue weighted by molar-refractivity contribution is -0.115. The number of thioether (sulfide) groups is 1. The van der Waals surface area contributed by atoms with E-state index >= 15 is 0 Å². The number of hydrogen-bond donors (Lipinski definition) is 1. The largest absolute Gasteiger partial charge is 0.378 e. The maximum Gasteiger partial charge on any atom is 0.237 e. The molecule has 0 unspecified atom stereocenters. The van der Waals surface area contributed by atoms with Gasteiger partial charge >= 0.3 is 0 Å². The van der Waals surface area contributed by atoms with E-state index in [0.29, 0.717) is 0 Å². The highest BCUT2D eigenvalue weighted by molar-refractivity contribution is 8.00. The van der Waals surface area contributed by atoms with E-state index in [4.69, 9.17) is 4.74 Å². The maximum absolute atomic E-state index is 12.6. The SMILES string of the molecule is C[C@@H](Sc1ncnc2sccc12)C(=O)Nc1ccc(N2CCOCC2)cc1. The maximum atomic E-state index is 12.6. The van der Waals surface area contributed by atoms with Gasteiger partial charge in [0.15, 0.2) is 0 Å². The molecule has 0 spiro atoms. The average molecular weight is 401 g/mol. The molecule has 0 bridgehead atoms. The molecule has 1 aliphatic heterocycles. The number of carbonyl (C=O) groups is 1. The third-order valence-corrected chi connectivity index (χ3v) is 6.33. The molecule has 27 heavy (non-hydrogen) atoms. The van der Waals surface area contributed by atoms with E-state index in [1.807, 2.05) is 42.6 Å². The first-order chi connectivity index (χ1) is 13.2. The summed E-state index contributed by atoms with van der Waals surface area (Å²) < 4.78 is 5.38. The van der Waals surface area contributed by atoms with Gasteiger partial charge < -0.3 is 15.0 Å². The van der Waals surface area contributed by atoms with E-state index in [0.717, 1.165) is 52.9 Å². The molecule has 4 rings (SSSR count). The molecule has 6 nitrogen and oxygen atoms in total. The van der Waals surface area contributed by atoms with Crippen LogP contribution in [0.2, 0.25) is 0 Å². The van der Waals surface area contributed by atoms with Gasteiger partial charge in [0.25, 0.3) is 0 Å². The molecule has 1 fully saturated rings. The summed E-state index contributed by atoms with van der Waals surface area (Å²) in [5, 5.41) is 6.56. The second-order valence-corrected chi connectivity index (χ2v) is 8.44. The van der Waals surface area contributed by atoms with Crippen LogP contribution in [0.3, 0.4) is 0 Å². The Morgan fingerprint density at radius 3 is 2.78 bits per heavy atom. The third-order valence-electron chi connectivity index (χ3n) is 4.39. The van der Waals surface area contributed by atoms with Gasteiger partial charge in [-0.3, -0.25) is 4.79 Å². The van der Waals surface area contributed by atoms with Crippen LogP contribution < -0.4 is 10.2 Å². The van der Waals surface area contributed by atoms with Gasteiger partial charge in [0.2, 0.25) is 5.91 Å². The zero-order valence-corrected chi connectivity index (χ0v) is 16.6. The Hall–Kier alpha value is -2.16. The second-order valence-electron chi connectivity index (χ2n) is 6.21. The highest BCUT2D eigenvalue weighted by Crippen LogP contribution is 2.30. The Bertz CT molecular complexity index is 923. The predicted octanol–water partition coefficient (Wildman–Crippen LogP) is 3.65. The normalized spacial score (nSPS) is 15.7. The molecule has 0 radical (unpaired) electrons. The first-order valence-electron chi connectivity index (χ1n) is 8.79. The quantitative estimate of drug-likeness (QED) is 0.521. The Labute approximate surface area is 166 Å². The predicted molar refractivity (Wildman–Crippen MR) is 111 cm³/mol. The number of rotatable bonds is 5. The van der Waals surface area contributed by atoms with Crippen molar-refractivity contribution in [1.29, 1.82) is 0 Å². The minimum atomic E-state index is -0.262. The van der Waals surface area contributed by atoms with E-state index in [1.165, 1.54) is 11.8 Å². The highest BCUT2D eigenvalue weighted by atomic mass is 32.2. The van der Waals surface area contributed by atoms with E-state index in [1.54, 1.807) is 17.7 Å². The van der Waals surface area contributed by atoms with Gasteiger partial charge in [0.05, 0.1) is 18.5 Å². The number of amides is 1. The molecular formula is C19H20N4O2S2. The summed E-state index contributed by atoms with van der Waals surface area (Å²) in [6, 6.07) is 9.97. The fourth-order valence-electron chi connectivity index (χ4n) is 2.90. The summed E-state index contributed by atoms with van der Waals surface area (Å²) in [5.41, 5.74) is 1.95. The molecule has 2 aromatic heterocycles. The number of thiophene rings is 1. The monoisotopic (exact) mass is 400 g/mol. The number of fused-ring (bicyclic) bond motifs is 1. The molecular weight excluding hydrogens is 380 g/mol. The first kappa shape index (κ1) is 18.2. The molecule has 3 heterocycles. The molecule has 8 heteroatoms. The molecule has 1 aliphatic rings. The van der Waals surface area contributed by atoms with Crippen molar-refractivity contribution in [1.82, 2.24) is 9.97 Å². The van der Waals surface area contributed by atoms with Crippen LogP contribution in [-0.4, -0.2) is 47.4 Å². The van der Waals surface area contributed by atoms with Crippen molar-refractivity contribution in [3.63, 3.8) is 0 Å². The zero-order chi connectivity index (χ0) is 18.6. The molecule has 0 saturated carbocycles. The molecule has 3 aromatic rings. The molecule has 1 amide bonds. The van der Waals surface area contributed by atoms with Crippen LogP contribution in [0.5, 0.6) is 0 Å². The third kappa shape index (κ3) is 4.23. The van der Waals surface area contributed by atoms with Gasteiger partial charge in [-0.25, -0.2) is 9.97 Å². The first-order valence-corrected chi connectivity index (χ1v) is 10.5. The minimum absolute atomic E-state index is 0.0406. The van der Waals surface area contributed by atoms with Crippen LogP contribution in [-0.2, 0) is 9.53 Å². The summed E-state index contributed by atoms with van der Waals surface area (Å²) >= 11 is 3.03. The number of morpholine rings is 1. The van der Waals surface area contributed by atoms with Crippen molar-refractivity contribution < 1.29 is 9.53 Å². The van der Waals surface area contributed by atoms with Crippen molar-refractivity contribution in [3.05, 3.63) is 42.0 Å². The lowest BCUT2D eigenvalue weighted by Crippen LogP contribution is -2.36. The van der Waals surface area contributed by atoms with Gasteiger partial charge in [-0.15, -0.1) is 11.3 Å². The van der Waals surface area contributed by atoms with Gasteiger partial charge in [-0.05, 0) is 42.6 Å². The van der Waals surface area contributed by atoms with E-state index in [-0.39, 0.29) is 11.2 Å². The van der Waals surface area contributed by atoms with Crippen molar-refractivity contribution in [2.45, 2.75) is 17.2 Å². The highest BCUT2D eigenvalue weighted by Gasteiger charge is 2.18. The van der Waals surface area contributed by atoms with Crippen molar-refractivity contribution in [2.75, 3.05) is 36.5 Å². The van der Waals surface area contributed by atoms with Gasteiger partial charge in [0.1, 0.15) is 16.2 Å². The van der Waals surface area contributed by atoms with Crippen LogP contribution in [0.1, 0.15) is 6.92 Å². The number of carbonyl (C=O) groups excluding carboxylic acids is 1. The van der Waals surface area contributed by atoms with E-state index in [9.17, 15) is 4.79 Å². The number of benzene rings is 1. The average Bonchev–Trinajstić information content (AvgIpc) is 3.19. The van der Waals surface area contributed by atoms with Crippen molar-refractivity contribution >= 4 is 50.6 Å². The van der Waals surface area contributed by atoms with Gasteiger partial charge in [0, 0.05) is 29.9 Å².